The first-order chi connectivity index (χ1) is 5.91. The highest BCUT2D eigenvalue weighted by molar-refractivity contribution is 5.87. The fourth-order valence-electron chi connectivity index (χ4n) is 0.898. The highest BCUT2D eigenvalue weighted by Gasteiger charge is 2.18. The quantitative estimate of drug-likeness (QED) is 0.786. The molecule has 0 aliphatic heterocycles. The van der Waals surface area contributed by atoms with Gasteiger partial charge in [-0.15, -0.1) is 12.4 Å². The Balaban J connectivity index is 0.00000169. The second kappa shape index (κ2) is 4.39. The van der Waals surface area contributed by atoms with Crippen LogP contribution in [0.25, 0.3) is 0 Å². The summed E-state index contributed by atoms with van der Waals surface area (Å²) in [6.07, 6.45) is 1.37. The van der Waals surface area contributed by atoms with Gasteiger partial charge >= 0.3 is 5.97 Å². The van der Waals surface area contributed by atoms with Gasteiger partial charge in [-0.25, -0.2) is 4.79 Å². The Morgan fingerprint density at radius 2 is 2.07 bits per heavy atom. The van der Waals surface area contributed by atoms with Gasteiger partial charge in [0, 0.05) is 6.20 Å². The molecule has 0 aliphatic rings. The normalized spacial score (nSPS) is 10.5. The lowest BCUT2D eigenvalue weighted by atomic mass is 10.0. The van der Waals surface area contributed by atoms with Gasteiger partial charge in [0.05, 0.1) is 11.3 Å². The van der Waals surface area contributed by atoms with Crippen LogP contribution in [0.3, 0.4) is 0 Å². The molecule has 4 nitrogen and oxygen atoms in total. The van der Waals surface area contributed by atoms with Gasteiger partial charge in [-0.1, -0.05) is 0 Å². The van der Waals surface area contributed by atoms with Crippen LogP contribution >= 0.6 is 12.4 Å². The summed E-state index contributed by atoms with van der Waals surface area (Å²) in [6, 6.07) is 2.75. The van der Waals surface area contributed by atoms with Crippen LogP contribution in [0.15, 0.2) is 18.3 Å². The number of carboxylic acids is 1. The van der Waals surface area contributed by atoms with Crippen molar-refractivity contribution in [2.75, 3.05) is 0 Å². The molecule has 0 aliphatic carbocycles. The van der Waals surface area contributed by atoms with Crippen molar-refractivity contribution in [3.8, 4) is 0 Å². The molecule has 0 aromatic carbocycles. The van der Waals surface area contributed by atoms with E-state index in [4.69, 9.17) is 5.11 Å². The maximum absolute atomic E-state index is 10.6. The fourth-order valence-corrected chi connectivity index (χ4v) is 0.898. The van der Waals surface area contributed by atoms with E-state index in [9.17, 15) is 9.90 Å². The summed E-state index contributed by atoms with van der Waals surface area (Å²) in [5.41, 5.74) is -0.620. The minimum Gasteiger partial charge on any atom is -0.478 e. The number of rotatable bonds is 2. The van der Waals surface area contributed by atoms with Crippen LogP contribution in [-0.2, 0) is 5.60 Å². The first kappa shape index (κ1) is 12.9. The molecule has 78 valence electrons. The Morgan fingerprint density at radius 1 is 1.50 bits per heavy atom. The summed E-state index contributed by atoms with van der Waals surface area (Å²) in [5, 5.41) is 18.2. The molecule has 0 unspecified atom stereocenters. The van der Waals surface area contributed by atoms with Crippen LogP contribution in [0.4, 0.5) is 0 Å². The van der Waals surface area contributed by atoms with E-state index < -0.39 is 11.6 Å². The number of hydrogen-bond donors (Lipinski definition) is 2. The Labute approximate surface area is 88.0 Å². The molecule has 5 heteroatoms. The van der Waals surface area contributed by atoms with Gasteiger partial charge in [0.15, 0.2) is 0 Å². The average Bonchev–Trinajstić information content (AvgIpc) is 2.03. The van der Waals surface area contributed by atoms with Gasteiger partial charge < -0.3 is 10.2 Å². The summed E-state index contributed by atoms with van der Waals surface area (Å²) >= 11 is 0. The molecule has 0 saturated carbocycles. The molecule has 1 aromatic rings. The van der Waals surface area contributed by atoms with Gasteiger partial charge in [0.2, 0.25) is 0 Å². The molecule has 0 spiro atoms. The number of nitrogens with zero attached hydrogens (tertiary/aromatic N) is 1. The molecule has 0 radical (unpaired) electrons. The Hall–Kier alpha value is -1.13. The number of pyridine rings is 1. The molecule has 1 aromatic heterocycles. The molecule has 2 N–H and O–H groups in total. The van der Waals surface area contributed by atoms with E-state index >= 15 is 0 Å². The van der Waals surface area contributed by atoms with E-state index in [0.717, 1.165) is 0 Å². The number of hydrogen-bond acceptors (Lipinski definition) is 3. The highest BCUT2D eigenvalue weighted by Crippen LogP contribution is 2.17. The summed E-state index contributed by atoms with van der Waals surface area (Å²) in [7, 11) is 0. The molecule has 0 amide bonds. The Morgan fingerprint density at radius 3 is 2.50 bits per heavy atom. The van der Waals surface area contributed by atoms with Crippen LogP contribution in [0.5, 0.6) is 0 Å². The number of carbonyl (C=O) groups is 1. The number of halogens is 1. The van der Waals surface area contributed by atoms with Crippen LogP contribution in [0.2, 0.25) is 0 Å². The van der Waals surface area contributed by atoms with Crippen molar-refractivity contribution >= 4 is 18.4 Å². The minimum absolute atomic E-state index is 0. The van der Waals surface area contributed by atoms with E-state index in [1.807, 2.05) is 0 Å². The van der Waals surface area contributed by atoms with Gasteiger partial charge in [-0.2, -0.15) is 0 Å². The predicted octanol–water partition coefficient (Wildman–Crippen LogP) is 1.43. The molecule has 14 heavy (non-hydrogen) atoms. The minimum atomic E-state index is -1.11. The highest BCUT2D eigenvalue weighted by atomic mass is 35.5. The Bertz CT molecular complexity index is 333. The third-order valence-electron chi connectivity index (χ3n) is 1.63. The van der Waals surface area contributed by atoms with Gasteiger partial charge in [-0.3, -0.25) is 4.98 Å². The van der Waals surface area contributed by atoms with E-state index in [-0.39, 0.29) is 18.0 Å². The average molecular weight is 218 g/mol. The molecule has 0 bridgehead atoms. The third-order valence-corrected chi connectivity index (χ3v) is 1.63. The van der Waals surface area contributed by atoms with Gasteiger partial charge in [-0.05, 0) is 26.0 Å². The lowest BCUT2D eigenvalue weighted by molar-refractivity contribution is 0.0687. The van der Waals surface area contributed by atoms with E-state index in [1.54, 1.807) is 13.8 Å². The molecular weight excluding hydrogens is 206 g/mol. The summed E-state index contributed by atoms with van der Waals surface area (Å²) in [5.74, 6) is -1.02. The summed E-state index contributed by atoms with van der Waals surface area (Å²) < 4.78 is 0. The van der Waals surface area contributed by atoms with E-state index in [0.29, 0.717) is 5.69 Å². The molecule has 1 rings (SSSR count). The van der Waals surface area contributed by atoms with Crippen LogP contribution < -0.4 is 0 Å². The standard InChI is InChI=1S/C9H11NO3.ClH/c1-9(2,13)7-5-6(8(11)12)3-4-10-7;/h3-5,13H,1-2H3,(H,11,12);1H. The predicted molar refractivity (Wildman–Crippen MR) is 53.7 cm³/mol. The second-order valence-corrected chi connectivity index (χ2v) is 3.29. The number of aliphatic hydroxyl groups is 1. The zero-order valence-electron chi connectivity index (χ0n) is 7.89. The van der Waals surface area contributed by atoms with E-state index in [1.165, 1.54) is 18.3 Å². The first-order valence-electron chi connectivity index (χ1n) is 3.83. The molecule has 1 heterocycles. The van der Waals surface area contributed by atoms with Crippen molar-refractivity contribution in [2.24, 2.45) is 0 Å². The van der Waals surface area contributed by atoms with Crippen molar-refractivity contribution in [1.82, 2.24) is 4.98 Å². The maximum Gasteiger partial charge on any atom is 0.335 e. The molecule has 0 atom stereocenters. The lowest BCUT2D eigenvalue weighted by Gasteiger charge is -2.16. The molecular formula is C9H12ClNO3. The van der Waals surface area contributed by atoms with Crippen molar-refractivity contribution in [3.05, 3.63) is 29.6 Å². The zero-order valence-corrected chi connectivity index (χ0v) is 8.71. The third kappa shape index (κ3) is 2.97. The summed E-state index contributed by atoms with van der Waals surface area (Å²) in [6.45, 7) is 3.11. The first-order valence-corrected chi connectivity index (χ1v) is 3.83. The van der Waals surface area contributed by atoms with Crippen molar-refractivity contribution in [3.63, 3.8) is 0 Å². The van der Waals surface area contributed by atoms with Crippen LogP contribution in [-0.4, -0.2) is 21.2 Å². The van der Waals surface area contributed by atoms with Crippen LogP contribution in [0.1, 0.15) is 29.9 Å². The van der Waals surface area contributed by atoms with Crippen molar-refractivity contribution < 1.29 is 15.0 Å². The molecule has 0 saturated heterocycles. The number of aromatic carboxylic acids is 1. The SMILES string of the molecule is CC(C)(O)c1cc(C(=O)O)ccn1.Cl. The van der Waals surface area contributed by atoms with Gasteiger partial charge in [0.1, 0.15) is 5.60 Å². The fraction of sp³-hybridized carbons (Fsp3) is 0.333. The zero-order chi connectivity index (χ0) is 10.1. The Kier molecular flexibility index (Phi) is 4.04. The maximum atomic E-state index is 10.6. The monoisotopic (exact) mass is 217 g/mol. The topological polar surface area (TPSA) is 70.4 Å². The summed E-state index contributed by atoms with van der Waals surface area (Å²) in [4.78, 5) is 14.5. The van der Waals surface area contributed by atoms with Crippen molar-refractivity contribution in [1.29, 1.82) is 0 Å². The number of aromatic nitrogens is 1. The number of carboxylic acid groups (broad SMARTS) is 1. The smallest absolute Gasteiger partial charge is 0.335 e. The molecule has 0 fully saturated rings. The lowest BCUT2D eigenvalue weighted by Crippen LogP contribution is -2.18. The largest absolute Gasteiger partial charge is 0.478 e. The van der Waals surface area contributed by atoms with Crippen molar-refractivity contribution in [2.45, 2.75) is 19.4 Å². The van der Waals surface area contributed by atoms with Gasteiger partial charge in [0.25, 0.3) is 0 Å². The second-order valence-electron chi connectivity index (χ2n) is 3.29. The van der Waals surface area contributed by atoms with E-state index in [2.05, 4.69) is 4.98 Å². The van der Waals surface area contributed by atoms with Crippen LogP contribution in [0, 0.1) is 0 Å².